The molecular formula is C15H24FN3O. The van der Waals surface area contributed by atoms with Crippen molar-refractivity contribution in [3.63, 3.8) is 0 Å². The van der Waals surface area contributed by atoms with Crippen molar-refractivity contribution in [2.75, 3.05) is 11.9 Å². The Kier molecular flexibility index (Phi) is 6.42. The predicted octanol–water partition coefficient (Wildman–Crippen LogP) is 3.21. The third-order valence-corrected chi connectivity index (χ3v) is 3.20. The Morgan fingerprint density at radius 3 is 2.65 bits per heavy atom. The van der Waals surface area contributed by atoms with Crippen LogP contribution in [-0.4, -0.2) is 23.5 Å². The monoisotopic (exact) mass is 281 g/mol. The number of carbonyl (C=O) groups excluding carboxylic acids is 1. The van der Waals surface area contributed by atoms with Gasteiger partial charge in [-0.1, -0.05) is 27.7 Å². The zero-order chi connectivity index (χ0) is 15.1. The van der Waals surface area contributed by atoms with E-state index in [2.05, 4.69) is 29.5 Å². The van der Waals surface area contributed by atoms with Gasteiger partial charge < -0.3 is 10.6 Å². The highest BCUT2D eigenvalue weighted by molar-refractivity contribution is 5.98. The fraction of sp³-hybridized carbons (Fsp3) is 0.600. The van der Waals surface area contributed by atoms with Crippen LogP contribution in [0, 0.1) is 11.7 Å². The summed E-state index contributed by atoms with van der Waals surface area (Å²) in [6, 6.07) is 1.30. The number of nitrogens with zero attached hydrogens (tertiary/aromatic N) is 1. The van der Waals surface area contributed by atoms with Gasteiger partial charge in [0.25, 0.3) is 5.91 Å². The number of hydrogen-bond acceptors (Lipinski definition) is 3. The molecule has 0 aliphatic rings. The summed E-state index contributed by atoms with van der Waals surface area (Å²) in [6.45, 7) is 8.83. The molecule has 0 spiro atoms. The normalized spacial score (nSPS) is 12.3. The lowest BCUT2D eigenvalue weighted by atomic mass is 10.0. The minimum absolute atomic E-state index is 0.0739. The number of aromatic nitrogens is 1. The van der Waals surface area contributed by atoms with E-state index in [1.807, 2.05) is 13.8 Å². The standard InChI is InChI=1S/C15H24FN3O/c1-5-7-17-14-12(8-11(16)9-18-14)15(20)19-13(6-2)10(3)4/h8-10,13H,5-7H2,1-4H3,(H,17,18)(H,19,20). The molecule has 1 aromatic heterocycles. The van der Waals surface area contributed by atoms with Crippen LogP contribution in [0.2, 0.25) is 0 Å². The van der Waals surface area contributed by atoms with E-state index in [0.717, 1.165) is 19.0 Å². The second-order valence-corrected chi connectivity index (χ2v) is 5.21. The van der Waals surface area contributed by atoms with Gasteiger partial charge in [0.2, 0.25) is 0 Å². The smallest absolute Gasteiger partial charge is 0.255 e. The Labute approximate surface area is 120 Å². The van der Waals surface area contributed by atoms with E-state index in [-0.39, 0.29) is 17.5 Å². The van der Waals surface area contributed by atoms with Crippen molar-refractivity contribution in [1.29, 1.82) is 0 Å². The van der Waals surface area contributed by atoms with Crippen molar-refractivity contribution in [3.05, 3.63) is 23.6 Å². The fourth-order valence-electron chi connectivity index (χ4n) is 1.98. The van der Waals surface area contributed by atoms with E-state index < -0.39 is 5.82 Å². The molecule has 20 heavy (non-hydrogen) atoms. The molecule has 1 amide bonds. The van der Waals surface area contributed by atoms with Gasteiger partial charge in [-0.2, -0.15) is 0 Å². The number of amides is 1. The number of carbonyl (C=O) groups is 1. The first-order valence-corrected chi connectivity index (χ1v) is 7.19. The zero-order valence-corrected chi connectivity index (χ0v) is 12.7. The number of pyridine rings is 1. The lowest BCUT2D eigenvalue weighted by Crippen LogP contribution is -2.38. The summed E-state index contributed by atoms with van der Waals surface area (Å²) >= 11 is 0. The first-order valence-electron chi connectivity index (χ1n) is 7.19. The molecule has 0 aliphatic heterocycles. The van der Waals surface area contributed by atoms with Gasteiger partial charge in [0.15, 0.2) is 0 Å². The maximum atomic E-state index is 13.3. The molecule has 1 atom stereocenters. The SMILES string of the molecule is CCCNc1ncc(F)cc1C(=O)NC(CC)C(C)C. The van der Waals surface area contributed by atoms with Crippen LogP contribution in [0.4, 0.5) is 10.2 Å². The molecule has 0 bridgehead atoms. The van der Waals surface area contributed by atoms with E-state index in [4.69, 9.17) is 0 Å². The molecule has 1 aromatic rings. The number of nitrogens with one attached hydrogen (secondary N) is 2. The summed E-state index contributed by atoms with van der Waals surface area (Å²) in [5.41, 5.74) is 0.262. The van der Waals surface area contributed by atoms with E-state index in [1.165, 1.54) is 6.07 Å². The number of hydrogen-bond donors (Lipinski definition) is 2. The minimum Gasteiger partial charge on any atom is -0.369 e. The zero-order valence-electron chi connectivity index (χ0n) is 12.7. The van der Waals surface area contributed by atoms with Gasteiger partial charge in [0.1, 0.15) is 11.6 Å². The first-order chi connectivity index (χ1) is 9.49. The molecule has 0 aliphatic carbocycles. The lowest BCUT2D eigenvalue weighted by Gasteiger charge is -2.21. The molecule has 0 aromatic carbocycles. The fourth-order valence-corrected chi connectivity index (χ4v) is 1.98. The Hall–Kier alpha value is -1.65. The second kappa shape index (κ2) is 7.82. The highest BCUT2D eigenvalue weighted by atomic mass is 19.1. The summed E-state index contributed by atoms with van der Waals surface area (Å²) in [6.07, 6.45) is 2.86. The van der Waals surface area contributed by atoms with E-state index in [0.29, 0.717) is 18.3 Å². The summed E-state index contributed by atoms with van der Waals surface area (Å²) in [4.78, 5) is 16.3. The number of rotatable bonds is 7. The molecular weight excluding hydrogens is 257 g/mol. The van der Waals surface area contributed by atoms with Crippen LogP contribution in [-0.2, 0) is 0 Å². The van der Waals surface area contributed by atoms with Crippen molar-refractivity contribution >= 4 is 11.7 Å². The maximum absolute atomic E-state index is 13.3. The molecule has 1 rings (SSSR count). The highest BCUT2D eigenvalue weighted by Crippen LogP contribution is 2.15. The molecule has 0 radical (unpaired) electrons. The molecule has 0 saturated heterocycles. The van der Waals surface area contributed by atoms with Crippen LogP contribution in [0.25, 0.3) is 0 Å². The van der Waals surface area contributed by atoms with Gasteiger partial charge in [0, 0.05) is 12.6 Å². The summed E-state index contributed by atoms with van der Waals surface area (Å²) in [5.74, 6) is -0.0205. The topological polar surface area (TPSA) is 54.0 Å². The first kappa shape index (κ1) is 16.4. The average molecular weight is 281 g/mol. The van der Waals surface area contributed by atoms with Crippen LogP contribution < -0.4 is 10.6 Å². The van der Waals surface area contributed by atoms with E-state index >= 15 is 0 Å². The quantitative estimate of drug-likeness (QED) is 0.807. The lowest BCUT2D eigenvalue weighted by molar-refractivity contribution is 0.0924. The summed E-state index contributed by atoms with van der Waals surface area (Å²) in [5, 5.41) is 5.99. The van der Waals surface area contributed by atoms with Gasteiger partial charge in [-0.3, -0.25) is 4.79 Å². The molecule has 2 N–H and O–H groups in total. The summed E-state index contributed by atoms with van der Waals surface area (Å²) in [7, 11) is 0. The molecule has 1 heterocycles. The third kappa shape index (κ3) is 4.47. The largest absolute Gasteiger partial charge is 0.369 e. The van der Waals surface area contributed by atoms with Gasteiger partial charge in [-0.15, -0.1) is 0 Å². The predicted molar refractivity (Wildman–Crippen MR) is 79.4 cm³/mol. The Morgan fingerprint density at radius 1 is 1.40 bits per heavy atom. The van der Waals surface area contributed by atoms with Gasteiger partial charge >= 0.3 is 0 Å². The van der Waals surface area contributed by atoms with Gasteiger partial charge in [-0.05, 0) is 24.8 Å². The van der Waals surface area contributed by atoms with E-state index in [9.17, 15) is 9.18 Å². The molecule has 1 unspecified atom stereocenters. The van der Waals surface area contributed by atoms with Gasteiger partial charge in [0.05, 0.1) is 11.8 Å². The van der Waals surface area contributed by atoms with Crippen molar-refractivity contribution in [2.24, 2.45) is 5.92 Å². The second-order valence-electron chi connectivity index (χ2n) is 5.21. The molecule has 112 valence electrons. The van der Waals surface area contributed by atoms with Crippen molar-refractivity contribution in [1.82, 2.24) is 10.3 Å². The van der Waals surface area contributed by atoms with Crippen LogP contribution in [0.3, 0.4) is 0 Å². The van der Waals surface area contributed by atoms with Crippen LogP contribution in [0.5, 0.6) is 0 Å². The number of anilines is 1. The van der Waals surface area contributed by atoms with E-state index in [1.54, 1.807) is 0 Å². The molecule has 0 saturated carbocycles. The molecule has 4 nitrogen and oxygen atoms in total. The van der Waals surface area contributed by atoms with Crippen molar-refractivity contribution in [2.45, 2.75) is 46.6 Å². The maximum Gasteiger partial charge on any atom is 0.255 e. The Bertz CT molecular complexity index is 449. The van der Waals surface area contributed by atoms with Crippen molar-refractivity contribution in [3.8, 4) is 0 Å². The van der Waals surface area contributed by atoms with Crippen LogP contribution >= 0.6 is 0 Å². The Morgan fingerprint density at radius 2 is 2.10 bits per heavy atom. The number of halogens is 1. The Balaban J connectivity index is 2.92. The van der Waals surface area contributed by atoms with Crippen molar-refractivity contribution < 1.29 is 9.18 Å². The summed E-state index contributed by atoms with van der Waals surface area (Å²) < 4.78 is 13.3. The molecule has 5 heteroatoms. The third-order valence-electron chi connectivity index (χ3n) is 3.20. The van der Waals surface area contributed by atoms with Crippen LogP contribution in [0.15, 0.2) is 12.3 Å². The average Bonchev–Trinajstić information content (AvgIpc) is 2.42. The minimum atomic E-state index is -0.505. The van der Waals surface area contributed by atoms with Gasteiger partial charge in [-0.25, -0.2) is 9.37 Å². The molecule has 0 fully saturated rings. The highest BCUT2D eigenvalue weighted by Gasteiger charge is 2.19. The van der Waals surface area contributed by atoms with Crippen LogP contribution in [0.1, 0.15) is 50.9 Å².